The Morgan fingerprint density at radius 1 is 0.929 bits per heavy atom. The number of hydrogen-bond donors (Lipinski definition) is 2. The Bertz CT molecular complexity index is 1190. The highest BCUT2D eigenvalue weighted by molar-refractivity contribution is 7.22. The van der Waals surface area contributed by atoms with Gasteiger partial charge in [0.15, 0.2) is 5.13 Å². The molecule has 28 heavy (non-hydrogen) atoms. The van der Waals surface area contributed by atoms with Gasteiger partial charge in [0.25, 0.3) is 5.91 Å². The number of benzene rings is 3. The van der Waals surface area contributed by atoms with Crippen LogP contribution in [0.15, 0.2) is 60.7 Å². The SMILES string of the molecule is O=C(Nc1nc2ccccc2s1)c1cc2ccccc2cc1NC(=O)C1CC1. The molecule has 0 bridgehead atoms. The van der Waals surface area contributed by atoms with E-state index in [1.807, 2.05) is 60.7 Å². The van der Waals surface area contributed by atoms with Gasteiger partial charge in [0.05, 0.1) is 21.5 Å². The van der Waals surface area contributed by atoms with Crippen molar-refractivity contribution in [2.45, 2.75) is 12.8 Å². The first-order valence-corrected chi connectivity index (χ1v) is 9.99. The van der Waals surface area contributed by atoms with E-state index in [1.54, 1.807) is 0 Å². The summed E-state index contributed by atoms with van der Waals surface area (Å²) in [5, 5.41) is 8.29. The quantitative estimate of drug-likeness (QED) is 0.515. The largest absolute Gasteiger partial charge is 0.325 e. The zero-order chi connectivity index (χ0) is 19.1. The van der Waals surface area contributed by atoms with Crippen LogP contribution in [0.3, 0.4) is 0 Å². The van der Waals surface area contributed by atoms with Gasteiger partial charge in [-0.15, -0.1) is 0 Å². The summed E-state index contributed by atoms with van der Waals surface area (Å²) in [6.07, 6.45) is 1.82. The van der Waals surface area contributed by atoms with Crippen molar-refractivity contribution < 1.29 is 9.59 Å². The van der Waals surface area contributed by atoms with Gasteiger partial charge in [0, 0.05) is 5.92 Å². The van der Waals surface area contributed by atoms with Gasteiger partial charge in [-0.25, -0.2) is 4.98 Å². The van der Waals surface area contributed by atoms with Crippen molar-refractivity contribution >= 4 is 55.0 Å². The molecule has 0 aliphatic heterocycles. The number of aromatic nitrogens is 1. The van der Waals surface area contributed by atoms with Crippen LogP contribution in [0.5, 0.6) is 0 Å². The van der Waals surface area contributed by atoms with Crippen LogP contribution in [0, 0.1) is 5.92 Å². The van der Waals surface area contributed by atoms with Crippen LogP contribution in [-0.4, -0.2) is 16.8 Å². The minimum atomic E-state index is -0.282. The molecule has 1 aliphatic carbocycles. The molecule has 2 N–H and O–H groups in total. The number of hydrogen-bond acceptors (Lipinski definition) is 4. The molecule has 0 radical (unpaired) electrons. The summed E-state index contributed by atoms with van der Waals surface area (Å²) in [4.78, 5) is 29.8. The Kier molecular flexibility index (Phi) is 4.06. The highest BCUT2D eigenvalue weighted by atomic mass is 32.1. The van der Waals surface area contributed by atoms with Crippen LogP contribution in [-0.2, 0) is 4.79 Å². The van der Waals surface area contributed by atoms with Gasteiger partial charge >= 0.3 is 0 Å². The molecular formula is C22H17N3O2S. The van der Waals surface area contributed by atoms with Crippen LogP contribution < -0.4 is 10.6 Å². The second-order valence-electron chi connectivity index (χ2n) is 6.95. The number of thiazole rings is 1. The third-order valence-corrected chi connectivity index (χ3v) is 5.80. The number of amides is 2. The summed E-state index contributed by atoms with van der Waals surface area (Å²) in [7, 11) is 0. The van der Waals surface area contributed by atoms with Crippen LogP contribution in [0.25, 0.3) is 21.0 Å². The second-order valence-corrected chi connectivity index (χ2v) is 7.98. The predicted octanol–water partition coefficient (Wildman–Crippen LogP) is 5.05. The fourth-order valence-electron chi connectivity index (χ4n) is 3.20. The molecule has 1 saturated carbocycles. The number of carbonyl (C=O) groups excluding carboxylic acids is 2. The molecule has 4 aromatic rings. The van der Waals surface area contributed by atoms with Gasteiger partial charge in [-0.3, -0.25) is 14.9 Å². The molecule has 6 heteroatoms. The molecule has 1 aromatic heterocycles. The Labute approximate surface area is 165 Å². The van der Waals surface area contributed by atoms with E-state index in [0.29, 0.717) is 16.4 Å². The fraction of sp³-hybridized carbons (Fsp3) is 0.136. The number of nitrogens with zero attached hydrogens (tertiary/aromatic N) is 1. The summed E-state index contributed by atoms with van der Waals surface area (Å²) in [5.41, 5.74) is 1.82. The molecule has 138 valence electrons. The zero-order valence-corrected chi connectivity index (χ0v) is 15.8. The minimum Gasteiger partial charge on any atom is -0.325 e. The fourth-order valence-corrected chi connectivity index (χ4v) is 4.06. The smallest absolute Gasteiger partial charge is 0.259 e. The maximum Gasteiger partial charge on any atom is 0.259 e. The van der Waals surface area contributed by atoms with Crippen LogP contribution in [0.4, 0.5) is 10.8 Å². The third kappa shape index (κ3) is 3.23. The van der Waals surface area contributed by atoms with Crippen LogP contribution >= 0.6 is 11.3 Å². The van der Waals surface area contributed by atoms with Gasteiger partial charge in [0.2, 0.25) is 5.91 Å². The lowest BCUT2D eigenvalue weighted by Crippen LogP contribution is -2.19. The molecule has 2 amide bonds. The number of anilines is 2. The molecule has 0 unspecified atom stereocenters. The molecule has 5 rings (SSSR count). The van der Waals surface area contributed by atoms with Crippen molar-refractivity contribution in [1.82, 2.24) is 4.98 Å². The highest BCUT2D eigenvalue weighted by Crippen LogP contribution is 2.32. The molecule has 1 fully saturated rings. The summed E-state index contributed by atoms with van der Waals surface area (Å²) >= 11 is 1.43. The highest BCUT2D eigenvalue weighted by Gasteiger charge is 2.30. The van der Waals surface area contributed by atoms with E-state index in [9.17, 15) is 9.59 Å². The maximum atomic E-state index is 13.0. The molecule has 5 nitrogen and oxygen atoms in total. The lowest BCUT2D eigenvalue weighted by atomic mass is 10.0. The van der Waals surface area contributed by atoms with Crippen molar-refractivity contribution in [3.05, 3.63) is 66.2 Å². The maximum absolute atomic E-state index is 13.0. The molecule has 0 spiro atoms. The molecule has 1 aliphatic rings. The first-order chi connectivity index (χ1) is 13.7. The summed E-state index contributed by atoms with van der Waals surface area (Å²) in [6.45, 7) is 0. The average Bonchev–Trinajstić information content (AvgIpc) is 3.47. The summed E-state index contributed by atoms with van der Waals surface area (Å²) < 4.78 is 1.01. The summed E-state index contributed by atoms with van der Waals surface area (Å²) in [5.74, 6) is -0.244. The van der Waals surface area contributed by atoms with Gasteiger partial charge in [-0.1, -0.05) is 47.7 Å². The molecule has 1 heterocycles. The van der Waals surface area contributed by atoms with E-state index < -0.39 is 0 Å². The normalized spacial score (nSPS) is 13.6. The Morgan fingerprint density at radius 2 is 1.64 bits per heavy atom. The predicted molar refractivity (Wildman–Crippen MR) is 113 cm³/mol. The first kappa shape index (κ1) is 16.9. The standard InChI is InChI=1S/C22H17N3O2S/c26-20(13-9-10-13)23-18-12-15-6-2-1-5-14(15)11-16(18)21(27)25-22-24-17-7-3-4-8-19(17)28-22/h1-8,11-13H,9-10H2,(H,23,26)(H,24,25,27). The zero-order valence-electron chi connectivity index (χ0n) is 14.9. The number of carbonyl (C=O) groups is 2. The monoisotopic (exact) mass is 387 g/mol. The Morgan fingerprint density at radius 3 is 2.39 bits per heavy atom. The minimum absolute atomic E-state index is 0.0238. The Balaban J connectivity index is 1.51. The van der Waals surface area contributed by atoms with Crippen molar-refractivity contribution in [2.24, 2.45) is 5.92 Å². The van der Waals surface area contributed by atoms with E-state index in [0.717, 1.165) is 33.8 Å². The molecule has 0 atom stereocenters. The van der Waals surface area contributed by atoms with Crippen molar-refractivity contribution in [3.63, 3.8) is 0 Å². The first-order valence-electron chi connectivity index (χ1n) is 9.18. The lowest BCUT2D eigenvalue weighted by Gasteiger charge is -2.12. The van der Waals surface area contributed by atoms with Gasteiger partial charge in [-0.2, -0.15) is 0 Å². The van der Waals surface area contributed by atoms with E-state index in [-0.39, 0.29) is 17.7 Å². The molecule has 3 aromatic carbocycles. The number of para-hydroxylation sites is 1. The van der Waals surface area contributed by atoms with Crippen LogP contribution in [0.2, 0.25) is 0 Å². The van der Waals surface area contributed by atoms with Crippen LogP contribution in [0.1, 0.15) is 23.2 Å². The van der Waals surface area contributed by atoms with E-state index in [2.05, 4.69) is 15.6 Å². The van der Waals surface area contributed by atoms with Gasteiger partial charge in [0.1, 0.15) is 0 Å². The van der Waals surface area contributed by atoms with Crippen molar-refractivity contribution in [2.75, 3.05) is 10.6 Å². The average molecular weight is 387 g/mol. The summed E-state index contributed by atoms with van der Waals surface area (Å²) in [6, 6.07) is 19.2. The number of nitrogens with one attached hydrogen (secondary N) is 2. The van der Waals surface area contributed by atoms with E-state index in [4.69, 9.17) is 0 Å². The molecular weight excluding hydrogens is 370 g/mol. The third-order valence-electron chi connectivity index (χ3n) is 4.85. The van der Waals surface area contributed by atoms with E-state index in [1.165, 1.54) is 11.3 Å². The van der Waals surface area contributed by atoms with Gasteiger partial charge < -0.3 is 5.32 Å². The van der Waals surface area contributed by atoms with Crippen molar-refractivity contribution in [3.8, 4) is 0 Å². The number of fused-ring (bicyclic) bond motifs is 2. The van der Waals surface area contributed by atoms with E-state index >= 15 is 0 Å². The number of rotatable bonds is 4. The topological polar surface area (TPSA) is 71.1 Å². The van der Waals surface area contributed by atoms with Gasteiger partial charge in [-0.05, 0) is 47.9 Å². The Hall–Kier alpha value is -3.25. The van der Waals surface area contributed by atoms with Crippen molar-refractivity contribution in [1.29, 1.82) is 0 Å². The lowest BCUT2D eigenvalue weighted by molar-refractivity contribution is -0.117. The second kappa shape index (κ2) is 6.73. The molecule has 0 saturated heterocycles.